The molecule has 3 saturated heterocycles. The van der Waals surface area contributed by atoms with E-state index in [1.54, 1.807) is 12.4 Å². The highest BCUT2D eigenvalue weighted by molar-refractivity contribution is 5.87. The van der Waals surface area contributed by atoms with Crippen LogP contribution in [-0.4, -0.2) is 70.9 Å². The molecule has 1 atom stereocenters. The van der Waals surface area contributed by atoms with Crippen LogP contribution in [0, 0.1) is 16.7 Å². The monoisotopic (exact) mass is 399 g/mol. The third-order valence-corrected chi connectivity index (χ3v) is 7.35. The van der Waals surface area contributed by atoms with Gasteiger partial charge >= 0.3 is 0 Å². The SMILES string of the molecule is CCN1CC[C@@]2(CN(c3ncccn3)CC23CCN(C(=O)CC(C)C)CC3)C1=O. The molecule has 3 aliphatic rings. The van der Waals surface area contributed by atoms with Crippen LogP contribution in [0.3, 0.4) is 0 Å². The van der Waals surface area contributed by atoms with Gasteiger partial charge in [-0.15, -0.1) is 0 Å². The average molecular weight is 400 g/mol. The summed E-state index contributed by atoms with van der Waals surface area (Å²) in [6.45, 7) is 10.8. The molecule has 3 fully saturated rings. The molecule has 29 heavy (non-hydrogen) atoms. The van der Waals surface area contributed by atoms with E-state index in [9.17, 15) is 9.59 Å². The first-order valence-corrected chi connectivity index (χ1v) is 11.0. The van der Waals surface area contributed by atoms with Crippen molar-refractivity contribution < 1.29 is 9.59 Å². The van der Waals surface area contributed by atoms with Gasteiger partial charge in [0.2, 0.25) is 17.8 Å². The number of hydrogen-bond acceptors (Lipinski definition) is 5. The Morgan fingerprint density at radius 2 is 1.79 bits per heavy atom. The Balaban J connectivity index is 1.60. The smallest absolute Gasteiger partial charge is 0.231 e. The normalized spacial score (nSPS) is 26.3. The minimum absolute atomic E-state index is 0.109. The molecule has 1 aromatic heterocycles. The molecular weight excluding hydrogens is 366 g/mol. The molecule has 2 spiro atoms. The van der Waals surface area contributed by atoms with Crippen molar-refractivity contribution in [1.29, 1.82) is 0 Å². The van der Waals surface area contributed by atoms with E-state index in [1.807, 2.05) is 15.9 Å². The van der Waals surface area contributed by atoms with Gasteiger partial charge in [0.25, 0.3) is 0 Å². The number of rotatable bonds is 4. The predicted molar refractivity (Wildman–Crippen MR) is 111 cm³/mol. The van der Waals surface area contributed by atoms with E-state index in [1.165, 1.54) is 0 Å². The molecule has 0 N–H and O–H groups in total. The number of amides is 2. The third-order valence-electron chi connectivity index (χ3n) is 7.35. The molecule has 158 valence electrons. The lowest BCUT2D eigenvalue weighted by Crippen LogP contribution is -2.53. The fraction of sp³-hybridized carbons (Fsp3) is 0.727. The minimum atomic E-state index is -0.380. The van der Waals surface area contributed by atoms with Gasteiger partial charge in [-0.1, -0.05) is 13.8 Å². The molecule has 7 heteroatoms. The van der Waals surface area contributed by atoms with Crippen LogP contribution in [0.4, 0.5) is 5.95 Å². The summed E-state index contributed by atoms with van der Waals surface area (Å²) in [6.07, 6.45) is 6.78. The van der Waals surface area contributed by atoms with Crippen molar-refractivity contribution in [3.05, 3.63) is 18.5 Å². The minimum Gasteiger partial charge on any atom is -0.343 e. The van der Waals surface area contributed by atoms with Gasteiger partial charge in [0.05, 0.1) is 5.41 Å². The highest BCUT2D eigenvalue weighted by atomic mass is 16.2. The second-order valence-corrected chi connectivity index (χ2v) is 9.38. The van der Waals surface area contributed by atoms with E-state index in [0.29, 0.717) is 30.7 Å². The van der Waals surface area contributed by atoms with Gasteiger partial charge in [-0.05, 0) is 38.2 Å². The van der Waals surface area contributed by atoms with Gasteiger partial charge in [-0.2, -0.15) is 0 Å². The van der Waals surface area contributed by atoms with Crippen LogP contribution in [0.25, 0.3) is 0 Å². The van der Waals surface area contributed by atoms with Gasteiger partial charge in [0.15, 0.2) is 0 Å². The Morgan fingerprint density at radius 3 is 2.38 bits per heavy atom. The van der Waals surface area contributed by atoms with Crippen LogP contribution in [0.1, 0.15) is 46.5 Å². The fourth-order valence-corrected chi connectivity index (χ4v) is 5.74. The topological polar surface area (TPSA) is 69.6 Å². The summed E-state index contributed by atoms with van der Waals surface area (Å²) in [5.41, 5.74) is -0.489. The van der Waals surface area contributed by atoms with E-state index < -0.39 is 0 Å². The lowest BCUT2D eigenvalue weighted by Gasteiger charge is -2.46. The number of carbonyl (C=O) groups excluding carboxylic acids is 2. The summed E-state index contributed by atoms with van der Waals surface area (Å²) >= 11 is 0. The van der Waals surface area contributed by atoms with E-state index in [4.69, 9.17) is 0 Å². The van der Waals surface area contributed by atoms with Gasteiger partial charge in [0.1, 0.15) is 0 Å². The standard InChI is InChI=1S/C22H33N5O2/c1-4-25-13-8-22(19(25)29)16-27(20-23-9-5-10-24-20)15-21(22)6-11-26(12-7-21)18(28)14-17(2)3/h5,9-10,17H,4,6-8,11-16H2,1-3H3/t22-/m1/s1. The van der Waals surface area contributed by atoms with Crippen molar-refractivity contribution >= 4 is 17.8 Å². The summed E-state index contributed by atoms with van der Waals surface area (Å²) in [5, 5.41) is 0. The molecule has 4 rings (SSSR count). The van der Waals surface area contributed by atoms with Crippen molar-refractivity contribution in [3.8, 4) is 0 Å². The number of fused-ring (bicyclic) bond motifs is 1. The molecule has 0 aliphatic carbocycles. The van der Waals surface area contributed by atoms with Crippen LogP contribution in [-0.2, 0) is 9.59 Å². The summed E-state index contributed by atoms with van der Waals surface area (Å²) in [6, 6.07) is 1.82. The first-order valence-electron chi connectivity index (χ1n) is 11.0. The molecule has 0 radical (unpaired) electrons. The lowest BCUT2D eigenvalue weighted by molar-refractivity contribution is -0.144. The predicted octanol–water partition coefficient (Wildman–Crippen LogP) is 2.19. The first kappa shape index (κ1) is 20.1. The number of nitrogens with zero attached hydrogens (tertiary/aromatic N) is 5. The molecule has 0 bridgehead atoms. The average Bonchev–Trinajstić information content (AvgIpc) is 3.21. The fourth-order valence-electron chi connectivity index (χ4n) is 5.74. The molecule has 0 saturated carbocycles. The molecule has 1 aromatic rings. The Labute approximate surface area is 173 Å². The highest BCUT2D eigenvalue weighted by Crippen LogP contribution is 2.58. The van der Waals surface area contributed by atoms with Crippen LogP contribution in [0.15, 0.2) is 18.5 Å². The first-order chi connectivity index (χ1) is 13.9. The molecule has 0 unspecified atom stereocenters. The largest absolute Gasteiger partial charge is 0.343 e. The highest BCUT2D eigenvalue weighted by Gasteiger charge is 2.65. The zero-order valence-corrected chi connectivity index (χ0v) is 17.9. The molecule has 3 aliphatic heterocycles. The maximum absolute atomic E-state index is 13.5. The van der Waals surface area contributed by atoms with E-state index in [-0.39, 0.29) is 16.7 Å². The quantitative estimate of drug-likeness (QED) is 0.776. The van der Waals surface area contributed by atoms with Crippen LogP contribution in [0.5, 0.6) is 0 Å². The summed E-state index contributed by atoms with van der Waals surface area (Å²) < 4.78 is 0. The number of aromatic nitrogens is 2. The number of anilines is 1. The lowest BCUT2D eigenvalue weighted by atomic mass is 9.60. The zero-order chi connectivity index (χ0) is 20.6. The van der Waals surface area contributed by atoms with E-state index in [2.05, 4.69) is 35.6 Å². The van der Waals surface area contributed by atoms with Crippen molar-refractivity contribution in [3.63, 3.8) is 0 Å². The third kappa shape index (κ3) is 3.28. The molecule has 4 heterocycles. The number of hydrogen-bond donors (Lipinski definition) is 0. The van der Waals surface area contributed by atoms with E-state index in [0.717, 1.165) is 52.0 Å². The maximum atomic E-state index is 13.5. The second kappa shape index (κ2) is 7.58. The van der Waals surface area contributed by atoms with Crippen molar-refractivity contribution in [2.45, 2.75) is 46.5 Å². The Kier molecular flexibility index (Phi) is 5.25. The van der Waals surface area contributed by atoms with Crippen LogP contribution >= 0.6 is 0 Å². The van der Waals surface area contributed by atoms with Crippen molar-refractivity contribution in [2.24, 2.45) is 16.7 Å². The van der Waals surface area contributed by atoms with E-state index >= 15 is 0 Å². The van der Waals surface area contributed by atoms with Gasteiger partial charge in [-0.25, -0.2) is 9.97 Å². The van der Waals surface area contributed by atoms with Gasteiger partial charge < -0.3 is 14.7 Å². The van der Waals surface area contributed by atoms with Crippen LogP contribution < -0.4 is 4.90 Å². The van der Waals surface area contributed by atoms with Gasteiger partial charge in [-0.3, -0.25) is 9.59 Å². The Hall–Kier alpha value is -2.18. The Morgan fingerprint density at radius 1 is 1.10 bits per heavy atom. The van der Waals surface area contributed by atoms with Crippen LogP contribution in [0.2, 0.25) is 0 Å². The molecule has 2 amide bonds. The molecule has 7 nitrogen and oxygen atoms in total. The van der Waals surface area contributed by atoms with Crippen molar-refractivity contribution in [2.75, 3.05) is 44.2 Å². The summed E-state index contributed by atoms with van der Waals surface area (Å²) in [5.74, 6) is 1.62. The Bertz CT molecular complexity index is 760. The summed E-state index contributed by atoms with van der Waals surface area (Å²) in [7, 11) is 0. The molecule has 0 aromatic carbocycles. The number of piperidine rings is 1. The second-order valence-electron chi connectivity index (χ2n) is 9.38. The van der Waals surface area contributed by atoms with Gasteiger partial charge in [0, 0.05) is 63.5 Å². The number of carbonyl (C=O) groups is 2. The maximum Gasteiger partial charge on any atom is 0.231 e. The zero-order valence-electron chi connectivity index (χ0n) is 17.9. The molecular formula is C22H33N5O2. The number of likely N-dealkylation sites (tertiary alicyclic amines) is 2. The summed E-state index contributed by atoms with van der Waals surface area (Å²) in [4.78, 5) is 41.3. The van der Waals surface area contributed by atoms with Crippen molar-refractivity contribution in [1.82, 2.24) is 19.8 Å².